The van der Waals surface area contributed by atoms with E-state index in [0.717, 1.165) is 13.0 Å². The Morgan fingerprint density at radius 1 is 1.69 bits per heavy atom. The molecule has 1 amide bonds. The lowest BCUT2D eigenvalue weighted by Crippen LogP contribution is -2.35. The summed E-state index contributed by atoms with van der Waals surface area (Å²) in [5.74, 6) is 0.0291. The molecule has 0 bridgehead atoms. The molecule has 0 saturated carbocycles. The first-order valence-corrected chi connectivity index (χ1v) is 5.26. The standard InChI is InChI=1S/C11H15N3O2/c1-16-8-9-2-4-14(5-3-9)11(15)10-6-12-13-7-10/h2,6-7H,3-5,8H2,1H3,(H,12,13). The molecule has 0 unspecified atom stereocenters. The van der Waals surface area contributed by atoms with Gasteiger partial charge >= 0.3 is 0 Å². The Hall–Kier alpha value is -1.62. The lowest BCUT2D eigenvalue weighted by atomic mass is 10.1. The molecule has 86 valence electrons. The van der Waals surface area contributed by atoms with E-state index in [0.29, 0.717) is 18.7 Å². The maximum Gasteiger partial charge on any atom is 0.257 e. The van der Waals surface area contributed by atoms with Gasteiger partial charge in [0.2, 0.25) is 0 Å². The second kappa shape index (κ2) is 4.94. The second-order valence-electron chi connectivity index (χ2n) is 3.78. The number of hydrogen-bond acceptors (Lipinski definition) is 3. The van der Waals surface area contributed by atoms with Gasteiger partial charge in [0.1, 0.15) is 0 Å². The van der Waals surface area contributed by atoms with Crippen molar-refractivity contribution < 1.29 is 9.53 Å². The average Bonchev–Trinajstić information content (AvgIpc) is 2.83. The van der Waals surface area contributed by atoms with E-state index in [-0.39, 0.29) is 5.91 Å². The minimum atomic E-state index is 0.0291. The van der Waals surface area contributed by atoms with E-state index in [9.17, 15) is 4.79 Å². The van der Waals surface area contributed by atoms with Crippen LogP contribution in [0.15, 0.2) is 24.0 Å². The minimum absolute atomic E-state index is 0.0291. The van der Waals surface area contributed by atoms with E-state index in [4.69, 9.17) is 4.74 Å². The first-order valence-electron chi connectivity index (χ1n) is 5.26. The summed E-state index contributed by atoms with van der Waals surface area (Å²) in [5, 5.41) is 6.42. The first-order chi connectivity index (χ1) is 7.81. The second-order valence-corrected chi connectivity index (χ2v) is 3.78. The third-order valence-electron chi connectivity index (χ3n) is 2.67. The predicted molar refractivity (Wildman–Crippen MR) is 59.1 cm³/mol. The molecule has 5 heteroatoms. The molecule has 0 fully saturated rings. The highest BCUT2D eigenvalue weighted by Gasteiger charge is 2.18. The van der Waals surface area contributed by atoms with Crippen LogP contribution in [0.3, 0.4) is 0 Å². The number of aromatic amines is 1. The van der Waals surface area contributed by atoms with E-state index in [1.54, 1.807) is 19.5 Å². The third kappa shape index (κ3) is 2.30. The average molecular weight is 221 g/mol. The highest BCUT2D eigenvalue weighted by Crippen LogP contribution is 2.13. The van der Waals surface area contributed by atoms with Crippen molar-refractivity contribution in [3.63, 3.8) is 0 Å². The van der Waals surface area contributed by atoms with Crippen molar-refractivity contribution in [2.24, 2.45) is 0 Å². The quantitative estimate of drug-likeness (QED) is 0.769. The fraction of sp³-hybridized carbons (Fsp3) is 0.455. The Balaban J connectivity index is 1.97. The molecule has 1 N–H and O–H groups in total. The molecule has 0 radical (unpaired) electrons. The van der Waals surface area contributed by atoms with Gasteiger partial charge in [0.25, 0.3) is 5.91 Å². The zero-order valence-corrected chi connectivity index (χ0v) is 9.27. The van der Waals surface area contributed by atoms with Crippen LogP contribution in [0.5, 0.6) is 0 Å². The van der Waals surface area contributed by atoms with Crippen molar-refractivity contribution in [2.75, 3.05) is 26.8 Å². The molecule has 5 nitrogen and oxygen atoms in total. The van der Waals surface area contributed by atoms with Gasteiger partial charge in [-0.1, -0.05) is 6.08 Å². The van der Waals surface area contributed by atoms with Gasteiger partial charge in [0, 0.05) is 26.4 Å². The summed E-state index contributed by atoms with van der Waals surface area (Å²) in [4.78, 5) is 13.7. The van der Waals surface area contributed by atoms with E-state index in [1.807, 2.05) is 4.90 Å². The highest BCUT2D eigenvalue weighted by atomic mass is 16.5. The third-order valence-corrected chi connectivity index (χ3v) is 2.67. The van der Waals surface area contributed by atoms with Gasteiger partial charge in [-0.05, 0) is 12.0 Å². The number of nitrogens with one attached hydrogen (secondary N) is 1. The zero-order chi connectivity index (χ0) is 11.4. The van der Waals surface area contributed by atoms with Crippen molar-refractivity contribution >= 4 is 5.91 Å². The number of amides is 1. The van der Waals surface area contributed by atoms with Crippen LogP contribution in [0.4, 0.5) is 0 Å². The highest BCUT2D eigenvalue weighted by molar-refractivity contribution is 5.93. The Morgan fingerprint density at radius 3 is 3.12 bits per heavy atom. The normalized spacial score (nSPS) is 16.1. The van der Waals surface area contributed by atoms with Gasteiger partial charge in [-0.15, -0.1) is 0 Å². The van der Waals surface area contributed by atoms with Crippen molar-refractivity contribution in [3.05, 3.63) is 29.6 Å². The van der Waals surface area contributed by atoms with Crippen LogP contribution in [-0.2, 0) is 4.74 Å². The largest absolute Gasteiger partial charge is 0.380 e. The summed E-state index contributed by atoms with van der Waals surface area (Å²) >= 11 is 0. The number of hydrogen-bond donors (Lipinski definition) is 1. The van der Waals surface area contributed by atoms with Gasteiger partial charge in [-0.2, -0.15) is 5.10 Å². The summed E-state index contributed by atoms with van der Waals surface area (Å²) < 4.78 is 5.06. The van der Waals surface area contributed by atoms with Gasteiger partial charge in [-0.3, -0.25) is 9.89 Å². The number of aromatic nitrogens is 2. The molecule has 2 rings (SSSR count). The van der Waals surface area contributed by atoms with Crippen LogP contribution in [0.2, 0.25) is 0 Å². The van der Waals surface area contributed by atoms with Gasteiger partial charge in [0.15, 0.2) is 0 Å². The molecule has 1 aromatic rings. The van der Waals surface area contributed by atoms with Crippen molar-refractivity contribution in [1.29, 1.82) is 0 Å². The van der Waals surface area contributed by atoms with Crippen LogP contribution in [0.1, 0.15) is 16.8 Å². The number of carbonyl (C=O) groups excluding carboxylic acids is 1. The molecule has 2 heterocycles. The fourth-order valence-electron chi connectivity index (χ4n) is 1.76. The van der Waals surface area contributed by atoms with E-state index in [1.165, 1.54) is 5.57 Å². The molecule has 0 aliphatic carbocycles. The van der Waals surface area contributed by atoms with Crippen molar-refractivity contribution in [2.45, 2.75) is 6.42 Å². The van der Waals surface area contributed by atoms with Gasteiger partial charge < -0.3 is 9.64 Å². The molecule has 1 aliphatic rings. The van der Waals surface area contributed by atoms with E-state index < -0.39 is 0 Å². The van der Waals surface area contributed by atoms with Crippen LogP contribution in [0.25, 0.3) is 0 Å². The van der Waals surface area contributed by atoms with Crippen molar-refractivity contribution in [1.82, 2.24) is 15.1 Å². The Labute approximate surface area is 94.1 Å². The number of ether oxygens (including phenoxy) is 1. The van der Waals surface area contributed by atoms with Crippen LogP contribution in [0, 0.1) is 0 Å². The molecule has 0 aromatic carbocycles. The molecule has 1 aromatic heterocycles. The van der Waals surface area contributed by atoms with Crippen LogP contribution in [-0.4, -0.2) is 47.8 Å². The first kappa shape index (κ1) is 10.9. The predicted octanol–water partition coefficient (Wildman–Crippen LogP) is 0.828. The Morgan fingerprint density at radius 2 is 2.56 bits per heavy atom. The summed E-state index contributed by atoms with van der Waals surface area (Å²) in [6.45, 7) is 2.07. The molecule has 1 aliphatic heterocycles. The molecule has 0 atom stereocenters. The van der Waals surface area contributed by atoms with E-state index >= 15 is 0 Å². The minimum Gasteiger partial charge on any atom is -0.380 e. The summed E-state index contributed by atoms with van der Waals surface area (Å²) in [6, 6.07) is 0. The maximum absolute atomic E-state index is 11.9. The monoisotopic (exact) mass is 221 g/mol. The summed E-state index contributed by atoms with van der Waals surface area (Å²) in [5.41, 5.74) is 1.88. The number of H-pyrrole nitrogens is 1. The Bertz CT molecular complexity index is 384. The van der Waals surface area contributed by atoms with Gasteiger partial charge in [0.05, 0.1) is 18.4 Å². The number of rotatable bonds is 3. The lowest BCUT2D eigenvalue weighted by Gasteiger charge is -2.25. The molecular formula is C11H15N3O2. The number of methoxy groups -OCH3 is 1. The molecule has 0 spiro atoms. The summed E-state index contributed by atoms with van der Waals surface area (Å²) in [7, 11) is 1.68. The topological polar surface area (TPSA) is 58.2 Å². The SMILES string of the molecule is COCC1=CCN(C(=O)c2cn[nH]c2)CC1. The number of carbonyl (C=O) groups is 1. The van der Waals surface area contributed by atoms with Crippen LogP contribution < -0.4 is 0 Å². The Kier molecular flexibility index (Phi) is 3.36. The summed E-state index contributed by atoms with van der Waals surface area (Å²) in [6.07, 6.45) is 6.12. The molecule has 0 saturated heterocycles. The lowest BCUT2D eigenvalue weighted by molar-refractivity contribution is 0.0765. The van der Waals surface area contributed by atoms with Crippen molar-refractivity contribution in [3.8, 4) is 0 Å². The maximum atomic E-state index is 11.9. The van der Waals surface area contributed by atoms with E-state index in [2.05, 4.69) is 16.3 Å². The van der Waals surface area contributed by atoms with Crippen LogP contribution >= 0.6 is 0 Å². The smallest absolute Gasteiger partial charge is 0.257 e. The zero-order valence-electron chi connectivity index (χ0n) is 9.27. The fourth-order valence-corrected chi connectivity index (χ4v) is 1.76. The molecule has 16 heavy (non-hydrogen) atoms. The van der Waals surface area contributed by atoms with Gasteiger partial charge in [-0.25, -0.2) is 0 Å². The number of nitrogens with zero attached hydrogens (tertiary/aromatic N) is 2. The molecular weight excluding hydrogens is 206 g/mol.